The highest BCUT2D eigenvalue weighted by Crippen LogP contribution is 2.17. The average molecular weight is 304 g/mol. The molecule has 0 N–H and O–H groups in total. The summed E-state index contributed by atoms with van der Waals surface area (Å²) < 4.78 is 5.78. The Bertz CT molecular complexity index is 551. The van der Waals surface area contributed by atoms with E-state index < -0.39 is 0 Å². The maximum Gasteiger partial charge on any atom is 0.119 e. The molecule has 3 heteroatoms. The average Bonchev–Trinajstić information content (AvgIpc) is 2.46. The minimum absolute atomic E-state index is 0.542. The van der Waals surface area contributed by atoms with E-state index in [9.17, 15) is 0 Å². The van der Waals surface area contributed by atoms with Gasteiger partial charge in [-0.25, -0.2) is 0 Å². The number of benzene rings is 2. The molecule has 0 heterocycles. The van der Waals surface area contributed by atoms with Crippen LogP contribution in [0.3, 0.4) is 0 Å². The third-order valence-electron chi connectivity index (χ3n) is 3.29. The minimum Gasteiger partial charge on any atom is -0.489 e. The normalized spacial score (nSPS) is 10.9. The number of halogens is 1. The minimum atomic E-state index is 0.542. The van der Waals surface area contributed by atoms with E-state index in [0.29, 0.717) is 6.61 Å². The van der Waals surface area contributed by atoms with Gasteiger partial charge in [-0.3, -0.25) is 0 Å². The molecule has 0 bridgehead atoms. The standard InChI is InChI=1S/C18H22ClNO/c1-20(2)12-4-6-15-8-10-18(11-9-15)21-14-16-5-3-7-17(19)13-16/h3,5,7-11,13H,4,6,12,14H2,1-2H3. The first-order valence-electron chi connectivity index (χ1n) is 7.24. The van der Waals surface area contributed by atoms with Crippen molar-refractivity contribution >= 4 is 11.6 Å². The molecule has 112 valence electrons. The Morgan fingerprint density at radius 2 is 1.76 bits per heavy atom. The third-order valence-corrected chi connectivity index (χ3v) is 3.52. The number of ether oxygens (including phenoxy) is 1. The van der Waals surface area contributed by atoms with Gasteiger partial charge in [0.1, 0.15) is 12.4 Å². The molecule has 0 aliphatic rings. The van der Waals surface area contributed by atoms with E-state index in [-0.39, 0.29) is 0 Å². The lowest BCUT2D eigenvalue weighted by Crippen LogP contribution is -2.13. The number of hydrogen-bond donors (Lipinski definition) is 0. The molecule has 0 unspecified atom stereocenters. The highest BCUT2D eigenvalue weighted by Gasteiger charge is 1.99. The van der Waals surface area contributed by atoms with Crippen molar-refractivity contribution in [2.24, 2.45) is 0 Å². The van der Waals surface area contributed by atoms with Gasteiger partial charge in [-0.15, -0.1) is 0 Å². The van der Waals surface area contributed by atoms with Crippen molar-refractivity contribution in [1.29, 1.82) is 0 Å². The fourth-order valence-corrected chi connectivity index (χ4v) is 2.36. The van der Waals surface area contributed by atoms with Crippen LogP contribution in [0, 0.1) is 0 Å². The van der Waals surface area contributed by atoms with Crippen LogP contribution in [-0.2, 0) is 13.0 Å². The van der Waals surface area contributed by atoms with Gasteiger partial charge in [0.15, 0.2) is 0 Å². The van der Waals surface area contributed by atoms with Crippen molar-refractivity contribution in [2.75, 3.05) is 20.6 Å². The summed E-state index contributed by atoms with van der Waals surface area (Å²) in [6.07, 6.45) is 2.28. The van der Waals surface area contributed by atoms with Crippen LogP contribution in [0.4, 0.5) is 0 Å². The van der Waals surface area contributed by atoms with Gasteiger partial charge in [0.25, 0.3) is 0 Å². The monoisotopic (exact) mass is 303 g/mol. The van der Waals surface area contributed by atoms with Gasteiger partial charge < -0.3 is 9.64 Å². The maximum absolute atomic E-state index is 5.96. The second-order valence-electron chi connectivity index (χ2n) is 5.47. The number of nitrogens with zero attached hydrogens (tertiary/aromatic N) is 1. The Hall–Kier alpha value is -1.51. The zero-order valence-corrected chi connectivity index (χ0v) is 13.4. The first-order chi connectivity index (χ1) is 10.1. The summed E-state index contributed by atoms with van der Waals surface area (Å²) in [7, 11) is 4.21. The van der Waals surface area contributed by atoms with E-state index in [1.165, 1.54) is 12.0 Å². The summed E-state index contributed by atoms with van der Waals surface area (Å²) >= 11 is 5.96. The van der Waals surface area contributed by atoms with E-state index in [1.54, 1.807) is 0 Å². The Labute approximate surface area is 132 Å². The van der Waals surface area contributed by atoms with Crippen LogP contribution in [-0.4, -0.2) is 25.5 Å². The second-order valence-corrected chi connectivity index (χ2v) is 5.91. The molecule has 0 fully saturated rings. The van der Waals surface area contributed by atoms with Crippen molar-refractivity contribution in [1.82, 2.24) is 4.90 Å². The van der Waals surface area contributed by atoms with Crippen LogP contribution in [0.2, 0.25) is 5.02 Å². The molecule has 0 aliphatic carbocycles. The quantitative estimate of drug-likeness (QED) is 0.751. The molecule has 0 saturated carbocycles. The van der Waals surface area contributed by atoms with Crippen molar-refractivity contribution in [2.45, 2.75) is 19.4 Å². The van der Waals surface area contributed by atoms with Crippen LogP contribution < -0.4 is 4.74 Å². The fraction of sp³-hybridized carbons (Fsp3) is 0.333. The Morgan fingerprint density at radius 3 is 2.43 bits per heavy atom. The van der Waals surface area contributed by atoms with Crippen LogP contribution in [0.5, 0.6) is 5.75 Å². The zero-order chi connectivity index (χ0) is 15.1. The van der Waals surface area contributed by atoms with E-state index in [2.05, 4.69) is 31.1 Å². The largest absolute Gasteiger partial charge is 0.489 e. The summed E-state index contributed by atoms with van der Waals surface area (Å²) in [6.45, 7) is 1.66. The Balaban J connectivity index is 1.82. The maximum atomic E-state index is 5.96. The first kappa shape index (κ1) is 15.9. The van der Waals surface area contributed by atoms with Gasteiger partial charge in [0, 0.05) is 5.02 Å². The molecule has 0 spiro atoms. The Morgan fingerprint density at radius 1 is 1.00 bits per heavy atom. The third kappa shape index (κ3) is 5.78. The van der Waals surface area contributed by atoms with E-state index in [0.717, 1.165) is 29.3 Å². The van der Waals surface area contributed by atoms with Gasteiger partial charge in [0.2, 0.25) is 0 Å². The molecule has 21 heavy (non-hydrogen) atoms. The first-order valence-corrected chi connectivity index (χ1v) is 7.62. The lowest BCUT2D eigenvalue weighted by Gasteiger charge is -2.10. The predicted octanol–water partition coefficient (Wildman–Crippen LogP) is 4.41. The van der Waals surface area contributed by atoms with Crippen LogP contribution in [0.15, 0.2) is 48.5 Å². The molecule has 0 radical (unpaired) electrons. The Kier molecular flexibility index (Phi) is 6.09. The summed E-state index contributed by atoms with van der Waals surface area (Å²) in [5, 5.41) is 0.743. The lowest BCUT2D eigenvalue weighted by molar-refractivity contribution is 0.306. The van der Waals surface area contributed by atoms with Gasteiger partial charge in [-0.1, -0.05) is 35.9 Å². The topological polar surface area (TPSA) is 12.5 Å². The second kappa shape index (κ2) is 8.06. The summed E-state index contributed by atoms with van der Waals surface area (Å²) in [4.78, 5) is 2.21. The number of hydrogen-bond acceptors (Lipinski definition) is 2. The molecule has 2 rings (SSSR count). The molecule has 0 saturated heterocycles. The van der Waals surface area contributed by atoms with E-state index in [1.807, 2.05) is 36.4 Å². The van der Waals surface area contributed by atoms with Crippen molar-refractivity contribution < 1.29 is 4.74 Å². The molecule has 2 nitrogen and oxygen atoms in total. The van der Waals surface area contributed by atoms with Crippen LogP contribution in [0.1, 0.15) is 17.5 Å². The zero-order valence-electron chi connectivity index (χ0n) is 12.7. The molecule has 0 aromatic heterocycles. The van der Waals surface area contributed by atoms with Gasteiger partial charge in [-0.05, 0) is 68.9 Å². The molecular weight excluding hydrogens is 282 g/mol. The molecule has 2 aromatic carbocycles. The van der Waals surface area contributed by atoms with Gasteiger partial charge in [-0.2, -0.15) is 0 Å². The van der Waals surface area contributed by atoms with Crippen LogP contribution in [0.25, 0.3) is 0 Å². The van der Waals surface area contributed by atoms with Crippen molar-refractivity contribution in [3.63, 3.8) is 0 Å². The lowest BCUT2D eigenvalue weighted by atomic mass is 10.1. The molecule has 0 aliphatic heterocycles. The molecular formula is C18H22ClNO. The SMILES string of the molecule is CN(C)CCCc1ccc(OCc2cccc(Cl)c2)cc1. The smallest absolute Gasteiger partial charge is 0.119 e. The number of rotatable bonds is 7. The molecule has 0 atom stereocenters. The van der Waals surface area contributed by atoms with Gasteiger partial charge in [0.05, 0.1) is 0 Å². The number of aryl methyl sites for hydroxylation is 1. The highest BCUT2D eigenvalue weighted by atomic mass is 35.5. The van der Waals surface area contributed by atoms with E-state index in [4.69, 9.17) is 16.3 Å². The fourth-order valence-electron chi connectivity index (χ4n) is 2.15. The summed E-state index contributed by atoms with van der Waals surface area (Å²) in [6, 6.07) is 16.1. The molecule has 0 amide bonds. The van der Waals surface area contributed by atoms with E-state index >= 15 is 0 Å². The summed E-state index contributed by atoms with van der Waals surface area (Å²) in [5.41, 5.74) is 2.43. The van der Waals surface area contributed by atoms with Crippen molar-refractivity contribution in [3.8, 4) is 5.75 Å². The van der Waals surface area contributed by atoms with Gasteiger partial charge >= 0.3 is 0 Å². The predicted molar refractivity (Wildman–Crippen MR) is 89.1 cm³/mol. The highest BCUT2D eigenvalue weighted by molar-refractivity contribution is 6.30. The summed E-state index contributed by atoms with van der Waals surface area (Å²) in [5.74, 6) is 0.895. The van der Waals surface area contributed by atoms with Crippen molar-refractivity contribution in [3.05, 3.63) is 64.7 Å². The van der Waals surface area contributed by atoms with Crippen LogP contribution >= 0.6 is 11.6 Å². The molecule has 2 aromatic rings.